The lowest BCUT2D eigenvalue weighted by molar-refractivity contribution is -0.0861. The molecular weight excluding hydrogens is 174 g/mol. The van der Waals surface area contributed by atoms with Crippen molar-refractivity contribution in [2.45, 2.75) is 57.6 Å². The number of ether oxygens (including phenoxy) is 1. The third-order valence-electron chi connectivity index (χ3n) is 3.99. The first-order valence-electron chi connectivity index (χ1n) is 5.90. The van der Waals surface area contributed by atoms with Gasteiger partial charge in [-0.15, -0.1) is 0 Å². The van der Waals surface area contributed by atoms with Crippen molar-refractivity contribution < 1.29 is 4.74 Å². The Bertz CT molecular complexity index is 160. The third-order valence-corrected chi connectivity index (χ3v) is 3.99. The van der Waals surface area contributed by atoms with Gasteiger partial charge in [0.2, 0.25) is 0 Å². The van der Waals surface area contributed by atoms with E-state index in [4.69, 9.17) is 4.74 Å². The summed E-state index contributed by atoms with van der Waals surface area (Å²) in [6, 6.07) is 0.611. The summed E-state index contributed by atoms with van der Waals surface area (Å²) in [5.74, 6) is 0.743. The largest absolute Gasteiger partial charge is 0.378 e. The molecule has 0 bridgehead atoms. The Labute approximate surface area is 88.4 Å². The Morgan fingerprint density at radius 1 is 1.43 bits per heavy atom. The maximum Gasteiger partial charge on any atom is 0.0693 e. The van der Waals surface area contributed by atoms with Crippen LogP contribution in [0.2, 0.25) is 0 Å². The zero-order valence-electron chi connectivity index (χ0n) is 10.1. The Hall–Kier alpha value is -0.0800. The van der Waals surface area contributed by atoms with Gasteiger partial charge in [0.25, 0.3) is 0 Å². The molecule has 0 aromatic carbocycles. The summed E-state index contributed by atoms with van der Waals surface area (Å²) < 4.78 is 5.66. The highest BCUT2D eigenvalue weighted by Crippen LogP contribution is 2.39. The molecule has 0 heterocycles. The fourth-order valence-corrected chi connectivity index (χ4v) is 2.34. The second kappa shape index (κ2) is 5.13. The monoisotopic (exact) mass is 199 g/mol. The van der Waals surface area contributed by atoms with E-state index in [2.05, 4.69) is 26.2 Å². The molecule has 2 atom stereocenters. The molecule has 1 aliphatic carbocycles. The first-order chi connectivity index (χ1) is 6.67. The van der Waals surface area contributed by atoms with Gasteiger partial charge in [0, 0.05) is 13.2 Å². The molecule has 1 fully saturated rings. The molecule has 0 aromatic heterocycles. The van der Waals surface area contributed by atoms with Crippen molar-refractivity contribution in [3.05, 3.63) is 0 Å². The van der Waals surface area contributed by atoms with E-state index in [1.54, 1.807) is 0 Å². The Morgan fingerprint density at radius 3 is 2.36 bits per heavy atom. The quantitative estimate of drug-likeness (QED) is 0.710. The highest BCUT2D eigenvalue weighted by atomic mass is 16.5. The molecule has 2 nitrogen and oxygen atoms in total. The van der Waals surface area contributed by atoms with E-state index in [0.29, 0.717) is 6.04 Å². The minimum atomic E-state index is 0.205. The molecule has 1 saturated carbocycles. The van der Waals surface area contributed by atoms with Crippen molar-refractivity contribution in [2.24, 2.45) is 5.92 Å². The van der Waals surface area contributed by atoms with Gasteiger partial charge in [0.15, 0.2) is 0 Å². The van der Waals surface area contributed by atoms with E-state index < -0.39 is 0 Å². The maximum atomic E-state index is 5.66. The summed E-state index contributed by atoms with van der Waals surface area (Å²) in [6.45, 7) is 4.58. The van der Waals surface area contributed by atoms with Gasteiger partial charge in [-0.25, -0.2) is 0 Å². The van der Waals surface area contributed by atoms with Gasteiger partial charge in [0.05, 0.1) is 5.60 Å². The van der Waals surface area contributed by atoms with Crippen LogP contribution in [0.3, 0.4) is 0 Å². The van der Waals surface area contributed by atoms with Crippen LogP contribution < -0.4 is 5.32 Å². The van der Waals surface area contributed by atoms with Crippen molar-refractivity contribution >= 4 is 0 Å². The first-order valence-corrected chi connectivity index (χ1v) is 5.90. The van der Waals surface area contributed by atoms with Crippen LogP contribution in [0.5, 0.6) is 0 Å². The summed E-state index contributed by atoms with van der Waals surface area (Å²) >= 11 is 0. The van der Waals surface area contributed by atoms with Crippen LogP contribution in [0.15, 0.2) is 0 Å². The molecule has 0 amide bonds. The van der Waals surface area contributed by atoms with Gasteiger partial charge in [-0.3, -0.25) is 0 Å². The smallest absolute Gasteiger partial charge is 0.0693 e. The van der Waals surface area contributed by atoms with Crippen LogP contribution in [-0.2, 0) is 4.74 Å². The molecule has 2 heteroatoms. The highest BCUT2D eigenvalue weighted by molar-refractivity contribution is 4.93. The fraction of sp³-hybridized carbons (Fsp3) is 1.00. The van der Waals surface area contributed by atoms with Crippen LogP contribution in [-0.4, -0.2) is 25.8 Å². The van der Waals surface area contributed by atoms with E-state index in [0.717, 1.165) is 5.92 Å². The molecule has 84 valence electrons. The van der Waals surface area contributed by atoms with Gasteiger partial charge in [-0.05, 0) is 38.6 Å². The number of nitrogens with one attached hydrogen (secondary N) is 1. The molecule has 0 aliphatic heterocycles. The first kappa shape index (κ1) is 12.0. The maximum absolute atomic E-state index is 5.66. The second-order valence-electron chi connectivity index (χ2n) is 4.73. The number of hydrogen-bond donors (Lipinski definition) is 1. The lowest BCUT2D eigenvalue weighted by Crippen LogP contribution is -2.47. The summed E-state index contributed by atoms with van der Waals surface area (Å²) in [4.78, 5) is 0. The lowest BCUT2D eigenvalue weighted by Gasteiger charge is -2.43. The molecule has 0 aromatic rings. The molecule has 0 saturated heterocycles. The zero-order valence-corrected chi connectivity index (χ0v) is 10.1. The predicted octanol–water partition coefficient (Wildman–Crippen LogP) is 2.58. The van der Waals surface area contributed by atoms with Gasteiger partial charge < -0.3 is 10.1 Å². The summed E-state index contributed by atoms with van der Waals surface area (Å²) in [5.41, 5.74) is 0.205. The molecule has 0 radical (unpaired) electrons. The molecule has 1 aliphatic rings. The Balaban J connectivity index is 2.46. The fourth-order valence-electron chi connectivity index (χ4n) is 2.34. The van der Waals surface area contributed by atoms with Crippen LogP contribution in [0, 0.1) is 5.92 Å². The number of methoxy groups -OCH3 is 1. The lowest BCUT2D eigenvalue weighted by atomic mass is 9.73. The number of rotatable bonds is 6. The average molecular weight is 199 g/mol. The van der Waals surface area contributed by atoms with Crippen molar-refractivity contribution in [1.29, 1.82) is 0 Å². The molecule has 0 spiro atoms. The van der Waals surface area contributed by atoms with Crippen LogP contribution >= 0.6 is 0 Å². The van der Waals surface area contributed by atoms with E-state index >= 15 is 0 Å². The van der Waals surface area contributed by atoms with E-state index in [9.17, 15) is 0 Å². The van der Waals surface area contributed by atoms with Crippen LogP contribution in [0.4, 0.5) is 0 Å². The molecule has 14 heavy (non-hydrogen) atoms. The standard InChI is InChI=1S/C12H25NO/c1-5-10(2)11(13-3)9-12(14-4)7-6-8-12/h10-11,13H,5-9H2,1-4H3. The third kappa shape index (κ3) is 2.48. The average Bonchev–Trinajstić information content (AvgIpc) is 2.16. The minimum absolute atomic E-state index is 0.205. The summed E-state index contributed by atoms with van der Waals surface area (Å²) in [7, 11) is 3.93. The highest BCUT2D eigenvalue weighted by Gasteiger charge is 2.39. The van der Waals surface area contributed by atoms with Crippen molar-refractivity contribution in [2.75, 3.05) is 14.2 Å². The Morgan fingerprint density at radius 2 is 2.07 bits per heavy atom. The van der Waals surface area contributed by atoms with E-state index in [1.807, 2.05) is 7.11 Å². The molecule has 2 unspecified atom stereocenters. The summed E-state index contributed by atoms with van der Waals surface area (Å²) in [6.07, 6.45) is 6.25. The topological polar surface area (TPSA) is 21.3 Å². The van der Waals surface area contributed by atoms with Crippen LogP contribution in [0.25, 0.3) is 0 Å². The van der Waals surface area contributed by atoms with Gasteiger partial charge in [-0.1, -0.05) is 20.3 Å². The summed E-state index contributed by atoms with van der Waals surface area (Å²) in [5, 5.41) is 3.43. The molecular formula is C12H25NO. The molecule has 1 rings (SSSR count). The van der Waals surface area contributed by atoms with Gasteiger partial charge in [0.1, 0.15) is 0 Å². The van der Waals surface area contributed by atoms with Gasteiger partial charge in [-0.2, -0.15) is 0 Å². The van der Waals surface area contributed by atoms with Crippen LogP contribution in [0.1, 0.15) is 46.0 Å². The molecule has 1 N–H and O–H groups in total. The second-order valence-corrected chi connectivity index (χ2v) is 4.73. The van der Waals surface area contributed by atoms with E-state index in [-0.39, 0.29) is 5.60 Å². The number of hydrogen-bond acceptors (Lipinski definition) is 2. The Kier molecular flexibility index (Phi) is 4.39. The predicted molar refractivity (Wildman–Crippen MR) is 60.5 cm³/mol. The SMILES string of the molecule is CCC(C)C(CC1(OC)CCC1)NC. The van der Waals surface area contributed by atoms with Crippen molar-refractivity contribution in [3.63, 3.8) is 0 Å². The van der Waals surface area contributed by atoms with Gasteiger partial charge >= 0.3 is 0 Å². The zero-order chi connectivity index (χ0) is 10.6. The van der Waals surface area contributed by atoms with E-state index in [1.165, 1.54) is 32.1 Å². The van der Waals surface area contributed by atoms with Crippen molar-refractivity contribution in [3.8, 4) is 0 Å². The normalized spacial score (nSPS) is 24.0. The minimum Gasteiger partial charge on any atom is -0.378 e. The van der Waals surface area contributed by atoms with Crippen molar-refractivity contribution in [1.82, 2.24) is 5.32 Å².